The lowest BCUT2D eigenvalue weighted by atomic mass is 10.0. The smallest absolute Gasteiger partial charge is 0.469 e. The van der Waals surface area contributed by atoms with E-state index in [9.17, 15) is 9.67 Å². The maximum Gasteiger partial charge on any atom is 0.469 e. The maximum absolute atomic E-state index is 12.5. The fourth-order valence-electron chi connectivity index (χ4n) is 3.39. The van der Waals surface area contributed by atoms with Gasteiger partial charge in [-0.3, -0.25) is 9.09 Å². The minimum absolute atomic E-state index is 0.0309. The Labute approximate surface area is 188 Å². The number of benzene rings is 2. The van der Waals surface area contributed by atoms with Crippen LogP contribution in [-0.2, 0) is 27.1 Å². The monoisotopic (exact) mass is 471 g/mol. The van der Waals surface area contributed by atoms with Crippen molar-refractivity contribution in [2.75, 3.05) is 18.9 Å². The maximum atomic E-state index is 12.5. The van der Waals surface area contributed by atoms with Crippen molar-refractivity contribution in [1.82, 2.24) is 14.5 Å². The quantitative estimate of drug-likeness (QED) is 0.185. The highest BCUT2D eigenvalue weighted by Gasteiger charge is 2.20. The van der Waals surface area contributed by atoms with Gasteiger partial charge < -0.3 is 25.4 Å². The number of phosphoric acid groups is 1. The number of nitrogens with zero attached hydrogens (tertiary/aromatic N) is 4. The van der Waals surface area contributed by atoms with Crippen LogP contribution < -0.4 is 15.4 Å². The molecule has 0 fully saturated rings. The minimum Gasteiger partial charge on any atom is -0.856 e. The van der Waals surface area contributed by atoms with Crippen molar-refractivity contribution in [1.29, 1.82) is 0 Å². The molecule has 0 atom stereocenters. The summed E-state index contributed by atoms with van der Waals surface area (Å²) in [4.78, 5) is 25.3. The number of nitrogen functional groups attached to an aromatic ring is 1. The van der Waals surface area contributed by atoms with Gasteiger partial charge in [0, 0.05) is 5.88 Å². The van der Waals surface area contributed by atoms with Gasteiger partial charge in [0.25, 0.3) is 5.95 Å². The largest absolute Gasteiger partial charge is 0.856 e. The van der Waals surface area contributed by atoms with Crippen LogP contribution in [0.2, 0.25) is 0 Å². The molecule has 0 spiro atoms. The van der Waals surface area contributed by atoms with Crippen molar-refractivity contribution >= 4 is 24.9 Å². The van der Waals surface area contributed by atoms with Crippen LogP contribution in [0.15, 0.2) is 60.9 Å². The van der Waals surface area contributed by atoms with Crippen molar-refractivity contribution in [3.05, 3.63) is 66.5 Å². The van der Waals surface area contributed by atoms with Gasteiger partial charge >= 0.3 is 13.5 Å². The molecule has 4 aromatic rings. The summed E-state index contributed by atoms with van der Waals surface area (Å²) in [6, 6.07) is 18.0. The molecule has 0 aliphatic heterocycles. The first kappa shape index (κ1) is 22.8. The van der Waals surface area contributed by atoms with E-state index in [0.29, 0.717) is 12.2 Å². The number of anilines is 1. The number of phosphoric ester groups is 1. The van der Waals surface area contributed by atoms with Crippen LogP contribution in [0.3, 0.4) is 0 Å². The number of aromatic nitrogens is 4. The zero-order valence-corrected chi connectivity index (χ0v) is 18.3. The van der Waals surface area contributed by atoms with E-state index in [1.165, 1.54) is 0 Å². The Kier molecular flexibility index (Phi) is 6.68. The van der Waals surface area contributed by atoms with Crippen molar-refractivity contribution in [3.63, 3.8) is 0 Å². The standard InChI is InChI=1S/C21H22N5O6P/c22-21-23-19-18(20(27)24-21)25(13-26(19)14-31-10-11-32-33(28,29)30)12-15-6-8-17(9-7-15)16-4-2-1-3-5-16/h1-9,13H,10-12,14H2,(H4-,22,23,24,27,28,29,30). The first-order valence-corrected chi connectivity index (χ1v) is 11.5. The second-order valence-electron chi connectivity index (χ2n) is 7.20. The van der Waals surface area contributed by atoms with Gasteiger partial charge in [-0.05, 0) is 16.7 Å². The molecular formula is C21H22N5O6P. The first-order chi connectivity index (χ1) is 15.8. The molecule has 12 heteroatoms. The Bertz CT molecular complexity index is 1290. The van der Waals surface area contributed by atoms with Gasteiger partial charge in [-0.1, -0.05) is 59.6 Å². The number of rotatable bonds is 9. The van der Waals surface area contributed by atoms with E-state index in [-0.39, 0.29) is 31.4 Å². The summed E-state index contributed by atoms with van der Waals surface area (Å²) in [5.41, 5.74) is 9.38. The van der Waals surface area contributed by atoms with Crippen molar-refractivity contribution in [3.8, 4) is 17.0 Å². The van der Waals surface area contributed by atoms with Gasteiger partial charge in [0.2, 0.25) is 0 Å². The highest BCUT2D eigenvalue weighted by Crippen LogP contribution is 2.35. The fourth-order valence-corrected chi connectivity index (χ4v) is 3.71. The van der Waals surface area contributed by atoms with E-state index >= 15 is 0 Å². The van der Waals surface area contributed by atoms with Gasteiger partial charge in [0.1, 0.15) is 0 Å². The minimum atomic E-state index is -4.56. The molecule has 0 bridgehead atoms. The molecule has 172 valence electrons. The van der Waals surface area contributed by atoms with E-state index < -0.39 is 13.7 Å². The molecule has 0 saturated carbocycles. The van der Waals surface area contributed by atoms with E-state index in [1.54, 1.807) is 15.5 Å². The fraction of sp³-hybridized carbons (Fsp3) is 0.190. The highest BCUT2D eigenvalue weighted by molar-refractivity contribution is 7.46. The molecule has 0 amide bonds. The Hall–Kier alpha value is -3.34. The summed E-state index contributed by atoms with van der Waals surface area (Å²) in [7, 11) is -4.56. The predicted molar refractivity (Wildman–Crippen MR) is 117 cm³/mol. The number of ether oxygens (including phenoxy) is 1. The van der Waals surface area contributed by atoms with E-state index in [4.69, 9.17) is 20.3 Å². The Morgan fingerprint density at radius 1 is 1.03 bits per heavy atom. The van der Waals surface area contributed by atoms with Crippen molar-refractivity contribution in [2.45, 2.75) is 13.3 Å². The zero-order chi connectivity index (χ0) is 23.4. The number of imidazole rings is 1. The molecule has 4 rings (SSSR count). The second-order valence-corrected chi connectivity index (χ2v) is 8.44. The molecule has 0 aliphatic carbocycles. The molecule has 4 N–H and O–H groups in total. The molecule has 0 unspecified atom stereocenters. The van der Waals surface area contributed by atoms with Gasteiger partial charge in [-0.2, -0.15) is 0 Å². The third kappa shape index (κ3) is 5.72. The molecule has 2 aromatic carbocycles. The molecule has 33 heavy (non-hydrogen) atoms. The number of fused-ring (bicyclic) bond motifs is 1. The molecule has 0 aliphatic rings. The molecule has 0 saturated heterocycles. The van der Waals surface area contributed by atoms with Crippen LogP contribution >= 0.6 is 7.82 Å². The third-order valence-electron chi connectivity index (χ3n) is 4.82. The van der Waals surface area contributed by atoms with Crippen LogP contribution in [0.25, 0.3) is 22.3 Å². The average Bonchev–Trinajstić information content (AvgIpc) is 3.11. The second kappa shape index (κ2) is 9.65. The summed E-state index contributed by atoms with van der Waals surface area (Å²) >= 11 is 0. The lowest BCUT2D eigenvalue weighted by molar-refractivity contribution is -0.711. The van der Waals surface area contributed by atoms with Crippen LogP contribution in [0, 0.1) is 0 Å². The Morgan fingerprint density at radius 2 is 1.73 bits per heavy atom. The van der Waals surface area contributed by atoms with Gasteiger partial charge in [-0.15, -0.1) is 0 Å². The summed E-state index contributed by atoms with van der Waals surface area (Å²) in [6.07, 6.45) is 1.66. The Morgan fingerprint density at radius 3 is 2.42 bits per heavy atom. The average molecular weight is 471 g/mol. The van der Waals surface area contributed by atoms with Gasteiger partial charge in [0.05, 0.1) is 19.8 Å². The number of hydrogen-bond acceptors (Lipinski definition) is 7. The summed E-state index contributed by atoms with van der Waals surface area (Å²) in [6.45, 7) is -0.00301. The van der Waals surface area contributed by atoms with Crippen LogP contribution in [0.1, 0.15) is 5.56 Å². The lowest BCUT2D eigenvalue weighted by Gasteiger charge is -2.07. The third-order valence-corrected chi connectivity index (χ3v) is 5.34. The molecule has 0 radical (unpaired) electrons. The van der Waals surface area contributed by atoms with Gasteiger partial charge in [-0.25, -0.2) is 14.1 Å². The summed E-state index contributed by atoms with van der Waals surface area (Å²) in [5.74, 6) is -0.668. The normalized spacial score (nSPS) is 11.8. The van der Waals surface area contributed by atoms with E-state index in [2.05, 4.69) is 14.5 Å². The summed E-state index contributed by atoms with van der Waals surface area (Å²) in [5, 5.41) is 12.5. The molecule has 2 heterocycles. The van der Waals surface area contributed by atoms with Crippen molar-refractivity contribution < 1.29 is 33.3 Å². The van der Waals surface area contributed by atoms with Crippen LogP contribution in [-0.4, -0.2) is 37.5 Å². The van der Waals surface area contributed by atoms with Crippen LogP contribution in [0.4, 0.5) is 5.95 Å². The SMILES string of the molecule is Nc1nc([O-])c2c(n1)[n+](COCCOP(=O)(O)O)cn2Cc1ccc(-c2ccccc2)cc1. The first-order valence-electron chi connectivity index (χ1n) is 9.95. The lowest BCUT2D eigenvalue weighted by Crippen LogP contribution is -2.35. The molecule has 11 nitrogen and oxygen atoms in total. The van der Waals surface area contributed by atoms with E-state index in [1.807, 2.05) is 54.6 Å². The van der Waals surface area contributed by atoms with E-state index in [0.717, 1.165) is 16.7 Å². The topological polar surface area (TPSA) is 160 Å². The number of hydrogen-bond donors (Lipinski definition) is 3. The van der Waals surface area contributed by atoms with Crippen LogP contribution in [0.5, 0.6) is 5.88 Å². The predicted octanol–water partition coefficient (Wildman–Crippen LogP) is 1.17. The Balaban J connectivity index is 1.54. The van der Waals surface area contributed by atoms with Crippen molar-refractivity contribution in [2.24, 2.45) is 0 Å². The van der Waals surface area contributed by atoms with Gasteiger partial charge in [0.15, 0.2) is 18.6 Å². The number of nitrogens with two attached hydrogens (primary N) is 1. The summed E-state index contributed by atoms with van der Waals surface area (Å²) < 4.78 is 23.8. The highest BCUT2D eigenvalue weighted by atomic mass is 31.2. The molecule has 2 aromatic heterocycles. The zero-order valence-electron chi connectivity index (χ0n) is 17.4. The molecular weight excluding hydrogens is 449 g/mol.